The summed E-state index contributed by atoms with van der Waals surface area (Å²) in [7, 11) is 0. The molecule has 0 aliphatic carbocycles. The van der Waals surface area contributed by atoms with Crippen LogP contribution in [0.15, 0.2) is 18.2 Å². The van der Waals surface area contributed by atoms with Crippen LogP contribution in [0.5, 0.6) is 11.5 Å². The maximum atomic E-state index is 12.8. The highest BCUT2D eigenvalue weighted by molar-refractivity contribution is 7.16. The van der Waals surface area contributed by atoms with Gasteiger partial charge in [-0.15, -0.1) is 11.3 Å². The summed E-state index contributed by atoms with van der Waals surface area (Å²) in [5.41, 5.74) is 2.85. The van der Waals surface area contributed by atoms with E-state index < -0.39 is 0 Å². The first-order valence-corrected chi connectivity index (χ1v) is 9.82. The summed E-state index contributed by atoms with van der Waals surface area (Å²) in [6.07, 6.45) is 0.583. The van der Waals surface area contributed by atoms with Gasteiger partial charge in [-0.3, -0.25) is 9.69 Å². The van der Waals surface area contributed by atoms with E-state index in [2.05, 4.69) is 22.5 Å². The number of anilines is 1. The van der Waals surface area contributed by atoms with Crippen molar-refractivity contribution in [2.75, 3.05) is 25.0 Å². The first kappa shape index (κ1) is 17.2. The number of hydrogen-bond donors (Lipinski definition) is 3. The van der Waals surface area contributed by atoms with E-state index in [0.29, 0.717) is 12.4 Å². The zero-order chi connectivity index (χ0) is 18.3. The highest BCUT2D eigenvalue weighted by atomic mass is 32.1. The van der Waals surface area contributed by atoms with E-state index in [1.54, 1.807) is 29.5 Å². The predicted octanol–water partition coefficient (Wildman–Crippen LogP) is 3.08. The van der Waals surface area contributed by atoms with E-state index in [0.717, 1.165) is 42.2 Å². The van der Waals surface area contributed by atoms with Crippen molar-refractivity contribution >= 4 is 22.2 Å². The third-order valence-electron chi connectivity index (χ3n) is 4.98. The number of nitrogens with one attached hydrogen (secondary N) is 2. The molecule has 2 aliphatic heterocycles. The highest BCUT2D eigenvalue weighted by Gasteiger charge is 2.33. The number of aromatic hydroxyl groups is 1. The quantitative estimate of drug-likeness (QED) is 0.768. The molecule has 0 unspecified atom stereocenters. The number of phenols is 1. The first-order valence-electron chi connectivity index (χ1n) is 9.00. The van der Waals surface area contributed by atoms with Crippen LogP contribution in [0, 0.1) is 0 Å². The lowest BCUT2D eigenvalue weighted by Gasteiger charge is -2.28. The fourth-order valence-electron chi connectivity index (χ4n) is 3.59. The fraction of sp³-hybridized carbons (Fsp3) is 0.421. The molecule has 1 aromatic carbocycles. The molecule has 1 atom stereocenters. The number of amides is 1. The number of rotatable bonds is 4. The lowest BCUT2D eigenvalue weighted by molar-refractivity contribution is 0.0934. The second-order valence-electron chi connectivity index (χ2n) is 6.54. The van der Waals surface area contributed by atoms with Crippen LogP contribution >= 0.6 is 11.3 Å². The predicted molar refractivity (Wildman–Crippen MR) is 102 cm³/mol. The Bertz CT molecular complexity index is 849. The number of fused-ring (bicyclic) bond motifs is 3. The third-order valence-corrected chi connectivity index (χ3v) is 6.13. The van der Waals surface area contributed by atoms with E-state index in [1.807, 2.05) is 6.92 Å². The molecular weight excluding hydrogens is 350 g/mol. The summed E-state index contributed by atoms with van der Waals surface area (Å²) in [5.74, 6) is 0.498. The molecule has 3 heterocycles. The normalized spacial score (nSPS) is 19.3. The van der Waals surface area contributed by atoms with Crippen molar-refractivity contribution in [2.45, 2.75) is 33.0 Å². The van der Waals surface area contributed by atoms with E-state index in [-0.39, 0.29) is 17.8 Å². The number of benzene rings is 1. The number of ether oxygens (including phenoxy) is 1. The number of thiophene rings is 1. The van der Waals surface area contributed by atoms with Crippen molar-refractivity contribution in [2.24, 2.45) is 0 Å². The van der Waals surface area contributed by atoms with Gasteiger partial charge in [0, 0.05) is 18.0 Å². The largest absolute Gasteiger partial charge is 0.504 e. The average molecular weight is 373 g/mol. The van der Waals surface area contributed by atoms with E-state index in [1.165, 1.54) is 10.4 Å². The van der Waals surface area contributed by atoms with Crippen molar-refractivity contribution in [3.63, 3.8) is 0 Å². The Hall–Kier alpha value is -2.25. The van der Waals surface area contributed by atoms with Gasteiger partial charge in [0.15, 0.2) is 11.5 Å². The third kappa shape index (κ3) is 2.91. The number of nitrogens with zero attached hydrogens (tertiary/aromatic N) is 1. The summed E-state index contributed by atoms with van der Waals surface area (Å²) in [4.78, 5) is 16.5. The van der Waals surface area contributed by atoms with Crippen LogP contribution in [0.4, 0.5) is 5.00 Å². The number of phenolic OH excluding ortho intramolecular Hbond substituents is 1. The van der Waals surface area contributed by atoms with Gasteiger partial charge in [-0.2, -0.15) is 0 Å². The molecule has 138 valence electrons. The zero-order valence-corrected chi connectivity index (χ0v) is 15.8. The fourth-order valence-corrected chi connectivity index (χ4v) is 4.90. The van der Waals surface area contributed by atoms with Gasteiger partial charge in [-0.05, 0) is 43.1 Å². The molecule has 0 fully saturated rings. The summed E-state index contributed by atoms with van der Waals surface area (Å²) in [5, 5.41) is 17.3. The average Bonchev–Trinajstić information content (AvgIpc) is 3.01. The number of carbonyl (C=O) groups is 1. The Morgan fingerprint density at radius 2 is 2.19 bits per heavy atom. The molecule has 0 saturated carbocycles. The molecular formula is C19H23N3O3S. The second kappa shape index (κ2) is 6.81. The molecule has 3 N–H and O–H groups in total. The molecule has 1 amide bonds. The highest BCUT2D eigenvalue weighted by Crippen LogP contribution is 2.41. The number of carbonyl (C=O) groups excluding carboxylic acids is 1. The Morgan fingerprint density at radius 1 is 1.35 bits per heavy atom. The van der Waals surface area contributed by atoms with Gasteiger partial charge in [0.05, 0.1) is 12.2 Å². The minimum atomic E-state index is -0.336. The molecule has 26 heavy (non-hydrogen) atoms. The van der Waals surface area contributed by atoms with Gasteiger partial charge < -0.3 is 20.5 Å². The van der Waals surface area contributed by atoms with Crippen LogP contribution in [0.25, 0.3) is 0 Å². The summed E-state index contributed by atoms with van der Waals surface area (Å²) in [6.45, 7) is 7.44. The maximum absolute atomic E-state index is 12.8. The molecule has 2 aromatic rings. The molecule has 6 nitrogen and oxygen atoms in total. The monoisotopic (exact) mass is 373 g/mol. The van der Waals surface area contributed by atoms with Crippen molar-refractivity contribution < 1.29 is 14.6 Å². The van der Waals surface area contributed by atoms with Crippen LogP contribution in [0.1, 0.15) is 46.4 Å². The van der Waals surface area contributed by atoms with Crippen molar-refractivity contribution in [1.29, 1.82) is 0 Å². The van der Waals surface area contributed by atoms with E-state index in [9.17, 15) is 9.90 Å². The molecule has 0 radical (unpaired) electrons. The maximum Gasteiger partial charge on any atom is 0.256 e. The summed E-state index contributed by atoms with van der Waals surface area (Å²) in [6, 6.07) is 5.17. The molecule has 0 spiro atoms. The number of hydrogen-bond acceptors (Lipinski definition) is 6. The topological polar surface area (TPSA) is 73.8 Å². The summed E-state index contributed by atoms with van der Waals surface area (Å²) < 4.78 is 5.46. The van der Waals surface area contributed by atoms with Crippen molar-refractivity contribution in [3.8, 4) is 11.5 Å². The molecule has 4 rings (SSSR count). The lowest BCUT2D eigenvalue weighted by Crippen LogP contribution is -2.38. The van der Waals surface area contributed by atoms with Crippen LogP contribution < -0.4 is 15.4 Å². The lowest BCUT2D eigenvalue weighted by atomic mass is 10.0. The Balaban J connectivity index is 1.64. The second-order valence-corrected chi connectivity index (χ2v) is 7.64. The van der Waals surface area contributed by atoms with E-state index >= 15 is 0 Å². The zero-order valence-electron chi connectivity index (χ0n) is 15.0. The molecule has 2 aliphatic rings. The smallest absolute Gasteiger partial charge is 0.256 e. The van der Waals surface area contributed by atoms with E-state index in [4.69, 9.17) is 4.74 Å². The van der Waals surface area contributed by atoms with Gasteiger partial charge >= 0.3 is 0 Å². The van der Waals surface area contributed by atoms with Gasteiger partial charge in [-0.25, -0.2) is 0 Å². The molecule has 7 heteroatoms. The van der Waals surface area contributed by atoms with Crippen LogP contribution in [0.3, 0.4) is 0 Å². The van der Waals surface area contributed by atoms with Crippen molar-refractivity contribution in [1.82, 2.24) is 10.2 Å². The van der Waals surface area contributed by atoms with Crippen LogP contribution in [0.2, 0.25) is 0 Å². The Morgan fingerprint density at radius 3 is 2.96 bits per heavy atom. The van der Waals surface area contributed by atoms with Gasteiger partial charge in [-0.1, -0.05) is 13.0 Å². The van der Waals surface area contributed by atoms with Crippen molar-refractivity contribution in [3.05, 3.63) is 39.8 Å². The number of likely N-dealkylation sites (N-methyl/N-ethyl adjacent to an activating group) is 1. The summed E-state index contributed by atoms with van der Waals surface area (Å²) >= 11 is 1.68. The molecule has 0 saturated heterocycles. The SMILES string of the molecule is CCOc1cc([C@@H]2NC(=O)c3c(sc4c3CCN(CC)C4)N2)ccc1O. The van der Waals surface area contributed by atoms with Gasteiger partial charge in [0.1, 0.15) is 11.2 Å². The Kier molecular flexibility index (Phi) is 4.50. The van der Waals surface area contributed by atoms with Crippen LogP contribution in [-0.2, 0) is 13.0 Å². The first-order chi connectivity index (χ1) is 12.6. The van der Waals surface area contributed by atoms with Crippen LogP contribution in [-0.4, -0.2) is 35.6 Å². The molecule has 0 bridgehead atoms. The van der Waals surface area contributed by atoms with Gasteiger partial charge in [0.25, 0.3) is 5.91 Å². The minimum absolute atomic E-state index is 0.0303. The van der Waals surface area contributed by atoms with Gasteiger partial charge in [0.2, 0.25) is 0 Å². The standard InChI is InChI=1S/C19H23N3O3S/c1-3-22-8-7-12-15(10-22)26-19-16(12)18(24)20-17(21-19)11-5-6-13(23)14(9-11)25-4-2/h5-6,9,17,21,23H,3-4,7-8,10H2,1-2H3,(H,20,24)/t17-/m1/s1. The Labute approximate surface area is 156 Å². The molecule has 1 aromatic heterocycles. The minimum Gasteiger partial charge on any atom is -0.504 e.